The van der Waals surface area contributed by atoms with E-state index >= 15 is 0 Å². The molecule has 2 unspecified atom stereocenters. The molecule has 2 N–H and O–H groups in total. The Hall–Kier alpha value is -1.75. The van der Waals surface area contributed by atoms with Crippen LogP contribution in [0.1, 0.15) is 35.4 Å². The number of thiophene rings is 1. The molecule has 134 valence electrons. The summed E-state index contributed by atoms with van der Waals surface area (Å²) in [6.07, 6.45) is 3.77. The predicted octanol–water partition coefficient (Wildman–Crippen LogP) is 4.96. The van der Waals surface area contributed by atoms with Gasteiger partial charge in [-0.25, -0.2) is 9.24 Å². The number of amides is 1. The van der Waals surface area contributed by atoms with Gasteiger partial charge >= 0.3 is 0 Å². The number of carbonyl (C=O) groups is 1. The maximum absolute atomic E-state index is 14.0. The van der Waals surface area contributed by atoms with Crippen molar-refractivity contribution in [3.05, 3.63) is 50.2 Å². The van der Waals surface area contributed by atoms with Crippen LogP contribution >= 0.6 is 27.3 Å². The zero-order valence-corrected chi connectivity index (χ0v) is 16.3. The minimum Gasteiger partial charge on any atom is -0.332 e. The van der Waals surface area contributed by atoms with E-state index < -0.39 is 5.82 Å². The molecule has 0 saturated carbocycles. The maximum Gasteiger partial charge on any atom is 0.264 e. The number of halogens is 2. The Morgan fingerprint density at radius 2 is 2.00 bits per heavy atom. The summed E-state index contributed by atoms with van der Waals surface area (Å²) in [5, 5.41) is 0. The van der Waals surface area contributed by atoms with Gasteiger partial charge in [0.15, 0.2) is 0 Å². The van der Waals surface area contributed by atoms with Crippen molar-refractivity contribution in [3.8, 4) is 11.1 Å². The lowest BCUT2D eigenvalue weighted by Gasteiger charge is -2.37. The van der Waals surface area contributed by atoms with Gasteiger partial charge in [-0.15, -0.1) is 11.3 Å². The highest BCUT2D eigenvalue weighted by atomic mass is 79.9. The number of piperidine rings is 1. The van der Waals surface area contributed by atoms with Crippen molar-refractivity contribution in [3.63, 3.8) is 0 Å². The third-order valence-electron chi connectivity index (χ3n) is 5.28. The van der Waals surface area contributed by atoms with E-state index in [4.69, 9.17) is 12.3 Å². The van der Waals surface area contributed by atoms with Gasteiger partial charge in [-0.3, -0.25) is 4.79 Å². The second kappa shape index (κ2) is 6.76. The Kier molecular flexibility index (Phi) is 4.59. The molecule has 7 heteroatoms. The van der Waals surface area contributed by atoms with Crippen LogP contribution < -0.4 is 5.73 Å². The van der Waals surface area contributed by atoms with Crippen LogP contribution in [0.5, 0.6) is 0 Å². The van der Waals surface area contributed by atoms with Crippen LogP contribution in [0.2, 0.25) is 0 Å². The van der Waals surface area contributed by atoms with Gasteiger partial charge in [0.05, 0.1) is 15.2 Å². The van der Waals surface area contributed by atoms with Crippen LogP contribution in [-0.2, 0) is 0 Å². The fourth-order valence-electron chi connectivity index (χ4n) is 4.11. The van der Waals surface area contributed by atoms with E-state index in [2.05, 4.69) is 20.8 Å². The zero-order valence-electron chi connectivity index (χ0n) is 13.9. The van der Waals surface area contributed by atoms with Crippen molar-refractivity contribution >= 4 is 38.9 Å². The standard InChI is InChI=1S/C19H17BrFN3OS/c1-23-16-5-2-10(6-15(16)21)14-9-17(26-18(14)20)19(25)24-12-3-4-13(24)8-11(22)7-12/h2,5-6,9,11-13H,3-4,7-8,22H2. The first-order valence-corrected chi connectivity index (χ1v) is 10.1. The Bertz CT molecular complexity index is 908. The van der Waals surface area contributed by atoms with E-state index in [-0.39, 0.29) is 29.7 Å². The van der Waals surface area contributed by atoms with Gasteiger partial charge in [-0.1, -0.05) is 12.1 Å². The van der Waals surface area contributed by atoms with Crippen LogP contribution in [-0.4, -0.2) is 28.9 Å². The number of hydrogen-bond acceptors (Lipinski definition) is 3. The molecule has 2 atom stereocenters. The van der Waals surface area contributed by atoms with Crippen molar-refractivity contribution in [1.82, 2.24) is 4.90 Å². The molecule has 2 bridgehead atoms. The number of nitrogens with two attached hydrogens (primary N) is 1. The topological polar surface area (TPSA) is 50.7 Å². The summed E-state index contributed by atoms with van der Waals surface area (Å²) in [4.78, 5) is 18.9. The minimum absolute atomic E-state index is 0.00219. The summed E-state index contributed by atoms with van der Waals surface area (Å²) in [5.41, 5.74) is 7.52. The third kappa shape index (κ3) is 2.96. The van der Waals surface area contributed by atoms with Crippen molar-refractivity contribution in [2.75, 3.05) is 0 Å². The van der Waals surface area contributed by atoms with Gasteiger partial charge in [0.1, 0.15) is 5.82 Å². The highest BCUT2D eigenvalue weighted by Crippen LogP contribution is 2.41. The van der Waals surface area contributed by atoms with Crippen molar-refractivity contribution in [2.45, 2.75) is 43.8 Å². The summed E-state index contributed by atoms with van der Waals surface area (Å²) in [6, 6.07) is 6.99. The molecule has 2 aromatic rings. The summed E-state index contributed by atoms with van der Waals surface area (Å²) >= 11 is 4.88. The minimum atomic E-state index is -0.550. The first kappa shape index (κ1) is 17.7. The van der Waals surface area contributed by atoms with Gasteiger partial charge in [0, 0.05) is 23.7 Å². The lowest BCUT2D eigenvalue weighted by Crippen LogP contribution is -2.49. The smallest absolute Gasteiger partial charge is 0.264 e. The van der Waals surface area contributed by atoms with Crippen LogP contribution in [0.15, 0.2) is 28.1 Å². The average molecular weight is 434 g/mol. The highest BCUT2D eigenvalue weighted by Gasteiger charge is 2.42. The van der Waals surface area contributed by atoms with Gasteiger partial charge in [0.25, 0.3) is 5.91 Å². The Morgan fingerprint density at radius 3 is 2.62 bits per heavy atom. The quantitative estimate of drug-likeness (QED) is 0.680. The second-order valence-electron chi connectivity index (χ2n) is 6.90. The summed E-state index contributed by atoms with van der Waals surface area (Å²) in [6.45, 7) is 6.95. The molecule has 1 amide bonds. The summed E-state index contributed by atoms with van der Waals surface area (Å²) in [7, 11) is 0. The number of rotatable bonds is 2. The highest BCUT2D eigenvalue weighted by molar-refractivity contribution is 9.11. The average Bonchev–Trinajstić information content (AvgIpc) is 3.12. The van der Waals surface area contributed by atoms with E-state index in [1.807, 2.05) is 11.0 Å². The first-order chi connectivity index (χ1) is 12.5. The zero-order chi connectivity index (χ0) is 18.4. The SMILES string of the molecule is [C-]#[N+]c1ccc(-c2cc(C(=O)N3C4CCC3CC(N)C4)sc2Br)cc1F. The summed E-state index contributed by atoms with van der Waals surface area (Å²) in [5.74, 6) is -0.508. The lowest BCUT2D eigenvalue weighted by molar-refractivity contribution is 0.0580. The lowest BCUT2D eigenvalue weighted by atomic mass is 9.98. The predicted molar refractivity (Wildman–Crippen MR) is 104 cm³/mol. The molecule has 0 aliphatic carbocycles. The molecule has 3 heterocycles. The van der Waals surface area contributed by atoms with Crippen LogP contribution in [0.25, 0.3) is 16.0 Å². The van der Waals surface area contributed by atoms with Crippen LogP contribution in [0.4, 0.5) is 10.1 Å². The molecule has 1 aromatic heterocycles. The molecule has 0 spiro atoms. The maximum atomic E-state index is 14.0. The normalized spacial score (nSPS) is 24.5. The number of benzene rings is 1. The third-order valence-corrected chi connectivity index (χ3v) is 7.11. The number of nitrogens with zero attached hydrogens (tertiary/aromatic N) is 2. The second-order valence-corrected chi connectivity index (χ2v) is 9.28. The molecule has 4 rings (SSSR count). The molecule has 2 saturated heterocycles. The van der Waals surface area contributed by atoms with E-state index in [0.717, 1.165) is 35.0 Å². The molecule has 4 nitrogen and oxygen atoms in total. The number of carbonyl (C=O) groups excluding carboxylic acids is 1. The molecule has 1 aromatic carbocycles. The van der Waals surface area contributed by atoms with Gasteiger partial charge in [-0.2, -0.15) is 0 Å². The number of hydrogen-bond donors (Lipinski definition) is 1. The first-order valence-electron chi connectivity index (χ1n) is 8.53. The Balaban J connectivity index is 1.64. The Labute approximate surface area is 163 Å². The van der Waals surface area contributed by atoms with Gasteiger partial charge < -0.3 is 10.6 Å². The van der Waals surface area contributed by atoms with Crippen LogP contribution in [0, 0.1) is 12.4 Å². The van der Waals surface area contributed by atoms with Crippen LogP contribution in [0.3, 0.4) is 0 Å². The molecular formula is C19H17BrFN3OS. The summed E-state index contributed by atoms with van der Waals surface area (Å²) < 4.78 is 14.7. The van der Waals surface area contributed by atoms with E-state index in [9.17, 15) is 9.18 Å². The van der Waals surface area contributed by atoms with Gasteiger partial charge in [0.2, 0.25) is 5.69 Å². The van der Waals surface area contributed by atoms with E-state index in [1.54, 1.807) is 6.07 Å². The molecule has 0 radical (unpaired) electrons. The fourth-order valence-corrected chi connectivity index (χ4v) is 5.83. The van der Waals surface area contributed by atoms with E-state index in [0.29, 0.717) is 10.4 Å². The largest absolute Gasteiger partial charge is 0.332 e. The molecular weight excluding hydrogens is 417 g/mol. The molecule has 26 heavy (non-hydrogen) atoms. The van der Waals surface area contributed by atoms with Crippen molar-refractivity contribution < 1.29 is 9.18 Å². The fraction of sp³-hybridized carbons (Fsp3) is 0.368. The number of fused-ring (bicyclic) bond motifs is 2. The molecule has 2 aliphatic heterocycles. The monoisotopic (exact) mass is 433 g/mol. The molecule has 2 fully saturated rings. The molecule has 2 aliphatic rings. The van der Waals surface area contributed by atoms with Crippen molar-refractivity contribution in [2.24, 2.45) is 5.73 Å². The Morgan fingerprint density at radius 1 is 1.31 bits per heavy atom. The van der Waals surface area contributed by atoms with Gasteiger partial charge in [-0.05, 0) is 59.3 Å². The van der Waals surface area contributed by atoms with Crippen molar-refractivity contribution in [1.29, 1.82) is 0 Å². The van der Waals surface area contributed by atoms with E-state index in [1.165, 1.54) is 23.5 Å².